The maximum Gasteiger partial charge on any atom is 0.306 e. The lowest BCUT2D eigenvalue weighted by molar-refractivity contribution is -0.148. The van der Waals surface area contributed by atoms with Gasteiger partial charge in [0.05, 0.1) is 17.3 Å². The lowest BCUT2D eigenvalue weighted by atomic mass is 10.2. The van der Waals surface area contributed by atoms with E-state index < -0.39 is 11.9 Å². The summed E-state index contributed by atoms with van der Waals surface area (Å²) in [5.74, 6) is -0.351. The Labute approximate surface area is 184 Å². The van der Waals surface area contributed by atoms with Crippen LogP contribution in [0.25, 0.3) is 10.9 Å². The van der Waals surface area contributed by atoms with Crippen molar-refractivity contribution < 1.29 is 14.3 Å². The number of rotatable bonds is 8. The van der Waals surface area contributed by atoms with Crippen molar-refractivity contribution in [3.8, 4) is 0 Å². The maximum atomic E-state index is 12.8. The summed E-state index contributed by atoms with van der Waals surface area (Å²) in [7, 11) is 0. The first-order chi connectivity index (χ1) is 15.0. The van der Waals surface area contributed by atoms with Crippen LogP contribution in [0.4, 0.5) is 0 Å². The second-order valence-corrected chi connectivity index (χ2v) is 7.89. The van der Waals surface area contributed by atoms with E-state index in [1.807, 2.05) is 30.3 Å². The minimum absolute atomic E-state index is 0.0370. The fourth-order valence-corrected chi connectivity index (χ4v) is 3.60. The fourth-order valence-electron chi connectivity index (χ4n) is 3.40. The Balaban J connectivity index is 1.32. The van der Waals surface area contributed by atoms with Crippen LogP contribution < -0.4 is 10.9 Å². The van der Waals surface area contributed by atoms with Gasteiger partial charge >= 0.3 is 5.97 Å². The van der Waals surface area contributed by atoms with Gasteiger partial charge in [0.15, 0.2) is 6.61 Å². The van der Waals surface area contributed by atoms with Crippen LogP contribution in [-0.2, 0) is 27.3 Å². The van der Waals surface area contributed by atoms with E-state index in [9.17, 15) is 14.4 Å². The van der Waals surface area contributed by atoms with Gasteiger partial charge in [0.2, 0.25) is 0 Å². The molecule has 0 unspecified atom stereocenters. The minimum atomic E-state index is -0.516. The third kappa shape index (κ3) is 5.11. The van der Waals surface area contributed by atoms with Crippen LogP contribution in [0, 0.1) is 0 Å². The number of aryl methyl sites for hydroxylation is 1. The van der Waals surface area contributed by atoms with Crippen LogP contribution in [0.1, 0.15) is 36.7 Å². The first kappa shape index (κ1) is 21.1. The quantitative estimate of drug-likeness (QED) is 0.544. The van der Waals surface area contributed by atoms with Crippen molar-refractivity contribution in [1.29, 1.82) is 0 Å². The van der Waals surface area contributed by atoms with Crippen LogP contribution in [0.15, 0.2) is 53.3 Å². The SMILES string of the molecule is O=C(COC(=O)CCc1nc2ccccc2c(=O)n1C1CC1)NCc1ccccc1Cl. The molecule has 0 bridgehead atoms. The Morgan fingerprint density at radius 3 is 2.65 bits per heavy atom. The third-order valence-corrected chi connectivity index (χ3v) is 5.51. The number of nitrogens with zero attached hydrogens (tertiary/aromatic N) is 2. The molecule has 1 N–H and O–H groups in total. The Morgan fingerprint density at radius 2 is 1.87 bits per heavy atom. The summed E-state index contributed by atoms with van der Waals surface area (Å²) >= 11 is 6.05. The number of aromatic nitrogens is 2. The number of benzene rings is 2. The van der Waals surface area contributed by atoms with Crippen molar-refractivity contribution in [1.82, 2.24) is 14.9 Å². The van der Waals surface area contributed by atoms with Gasteiger partial charge in [0, 0.05) is 24.0 Å². The zero-order chi connectivity index (χ0) is 21.8. The molecule has 1 fully saturated rings. The molecule has 160 valence electrons. The normalized spacial score (nSPS) is 13.2. The zero-order valence-electron chi connectivity index (χ0n) is 16.8. The van der Waals surface area contributed by atoms with E-state index in [-0.39, 0.29) is 37.6 Å². The highest BCUT2D eigenvalue weighted by molar-refractivity contribution is 6.31. The highest BCUT2D eigenvalue weighted by Gasteiger charge is 2.28. The molecule has 0 radical (unpaired) electrons. The molecule has 4 rings (SSSR count). The van der Waals surface area contributed by atoms with Crippen LogP contribution in [-0.4, -0.2) is 28.0 Å². The number of ether oxygens (including phenoxy) is 1. The zero-order valence-corrected chi connectivity index (χ0v) is 17.6. The molecule has 1 aliphatic carbocycles. The van der Waals surface area contributed by atoms with Crippen LogP contribution in [0.5, 0.6) is 0 Å². The lowest BCUT2D eigenvalue weighted by Crippen LogP contribution is -2.29. The molecule has 1 amide bonds. The summed E-state index contributed by atoms with van der Waals surface area (Å²) in [5, 5.41) is 3.81. The largest absolute Gasteiger partial charge is 0.456 e. The van der Waals surface area contributed by atoms with Crippen molar-refractivity contribution >= 4 is 34.4 Å². The topological polar surface area (TPSA) is 90.3 Å². The molecular weight excluding hydrogens is 418 g/mol. The van der Waals surface area contributed by atoms with E-state index in [1.165, 1.54) is 0 Å². The molecule has 0 aliphatic heterocycles. The Bertz CT molecular complexity index is 1190. The summed E-state index contributed by atoms with van der Waals surface area (Å²) < 4.78 is 6.78. The number of esters is 1. The molecule has 31 heavy (non-hydrogen) atoms. The second-order valence-electron chi connectivity index (χ2n) is 7.48. The maximum absolute atomic E-state index is 12.8. The Kier molecular flexibility index (Phi) is 6.32. The highest BCUT2D eigenvalue weighted by Crippen LogP contribution is 2.34. The van der Waals surface area contributed by atoms with Crippen molar-refractivity contribution in [2.75, 3.05) is 6.61 Å². The summed E-state index contributed by atoms with van der Waals surface area (Å²) in [4.78, 5) is 41.6. The van der Waals surface area contributed by atoms with Crippen molar-refractivity contribution in [3.05, 3.63) is 75.3 Å². The molecule has 1 aromatic heterocycles. The molecule has 1 aliphatic rings. The molecule has 3 aromatic rings. The van der Waals surface area contributed by atoms with Gasteiger partial charge in [0.1, 0.15) is 5.82 Å². The lowest BCUT2D eigenvalue weighted by Gasteiger charge is -2.12. The van der Waals surface area contributed by atoms with Crippen molar-refractivity contribution in [3.63, 3.8) is 0 Å². The molecule has 7 nitrogen and oxygen atoms in total. The number of halogens is 1. The first-order valence-corrected chi connectivity index (χ1v) is 10.6. The number of hydrogen-bond acceptors (Lipinski definition) is 5. The van der Waals surface area contributed by atoms with Gasteiger partial charge in [-0.1, -0.05) is 41.9 Å². The molecule has 8 heteroatoms. The molecule has 0 saturated heterocycles. The second kappa shape index (κ2) is 9.31. The van der Waals surface area contributed by atoms with E-state index in [0.29, 0.717) is 21.7 Å². The number of fused-ring (bicyclic) bond motifs is 1. The molecular formula is C23H22ClN3O4. The monoisotopic (exact) mass is 439 g/mol. The van der Waals surface area contributed by atoms with Gasteiger partial charge in [0.25, 0.3) is 11.5 Å². The van der Waals surface area contributed by atoms with Gasteiger partial charge in [-0.3, -0.25) is 19.0 Å². The molecule has 0 spiro atoms. The van der Waals surface area contributed by atoms with E-state index in [4.69, 9.17) is 16.3 Å². The van der Waals surface area contributed by atoms with Crippen LogP contribution in [0.3, 0.4) is 0 Å². The van der Waals surface area contributed by atoms with Gasteiger partial charge < -0.3 is 10.1 Å². The smallest absolute Gasteiger partial charge is 0.306 e. The van der Waals surface area contributed by atoms with Crippen LogP contribution >= 0.6 is 11.6 Å². The fraction of sp³-hybridized carbons (Fsp3) is 0.304. The number of carbonyl (C=O) groups is 2. The molecule has 1 saturated carbocycles. The van der Waals surface area contributed by atoms with E-state index >= 15 is 0 Å². The first-order valence-electron chi connectivity index (χ1n) is 10.2. The number of carbonyl (C=O) groups excluding carboxylic acids is 2. The standard InChI is InChI=1S/C23H22ClN3O4/c24-18-7-3-1-5-15(18)13-25-21(28)14-31-22(29)12-11-20-26-19-8-4-2-6-17(19)23(30)27(20)16-9-10-16/h1-8,16H,9-14H2,(H,25,28). The van der Waals surface area contributed by atoms with Gasteiger partial charge in [-0.15, -0.1) is 0 Å². The molecule has 2 aromatic carbocycles. The Morgan fingerprint density at radius 1 is 1.13 bits per heavy atom. The molecule has 0 atom stereocenters. The average molecular weight is 440 g/mol. The van der Waals surface area contributed by atoms with E-state index in [1.54, 1.807) is 22.8 Å². The number of nitrogens with one attached hydrogen (secondary N) is 1. The van der Waals surface area contributed by atoms with Crippen molar-refractivity contribution in [2.24, 2.45) is 0 Å². The van der Waals surface area contributed by atoms with Gasteiger partial charge in [-0.2, -0.15) is 0 Å². The highest BCUT2D eigenvalue weighted by atomic mass is 35.5. The van der Waals surface area contributed by atoms with E-state index in [0.717, 1.165) is 18.4 Å². The average Bonchev–Trinajstić information content (AvgIpc) is 3.61. The summed E-state index contributed by atoms with van der Waals surface area (Å²) in [6, 6.07) is 14.5. The van der Waals surface area contributed by atoms with Gasteiger partial charge in [-0.25, -0.2) is 4.98 Å². The number of amides is 1. The predicted octanol–water partition coefficient (Wildman–Crippen LogP) is 3.18. The summed E-state index contributed by atoms with van der Waals surface area (Å²) in [5.41, 5.74) is 1.33. The summed E-state index contributed by atoms with van der Waals surface area (Å²) in [6.45, 7) is -0.116. The predicted molar refractivity (Wildman–Crippen MR) is 117 cm³/mol. The minimum Gasteiger partial charge on any atom is -0.456 e. The number of para-hydroxylation sites is 1. The Hall–Kier alpha value is -3.19. The van der Waals surface area contributed by atoms with Gasteiger partial charge in [-0.05, 0) is 36.6 Å². The van der Waals surface area contributed by atoms with Crippen LogP contribution in [0.2, 0.25) is 5.02 Å². The number of hydrogen-bond donors (Lipinski definition) is 1. The third-order valence-electron chi connectivity index (χ3n) is 5.14. The molecule has 1 heterocycles. The summed E-state index contributed by atoms with van der Waals surface area (Å²) in [6.07, 6.45) is 2.18. The van der Waals surface area contributed by atoms with Crippen molar-refractivity contribution in [2.45, 2.75) is 38.3 Å². The van der Waals surface area contributed by atoms with E-state index in [2.05, 4.69) is 10.3 Å².